The second-order valence-electron chi connectivity index (χ2n) is 2.03. The Morgan fingerprint density at radius 2 is 2.36 bits per heavy atom. The third kappa shape index (κ3) is 1.41. The van der Waals surface area contributed by atoms with Crippen molar-refractivity contribution in [2.75, 3.05) is 18.1 Å². The quantitative estimate of drug-likeness (QED) is 0.574. The predicted octanol–water partition coefficient (Wildman–Crippen LogP) is 0.687. The van der Waals surface area contributed by atoms with Crippen molar-refractivity contribution in [2.24, 2.45) is 0 Å². The maximum atomic E-state index is 5.44. The van der Waals surface area contributed by atoms with Crippen molar-refractivity contribution in [3.05, 3.63) is 17.7 Å². The molecule has 3 N–H and O–H groups in total. The van der Waals surface area contributed by atoms with Crippen molar-refractivity contribution in [1.29, 1.82) is 0 Å². The van der Waals surface area contributed by atoms with E-state index in [2.05, 4.69) is 16.2 Å². The molecule has 0 aliphatic rings. The molecule has 0 bridgehead atoms. The fraction of sp³-hybridized carbons (Fsp3) is 0.125. The summed E-state index contributed by atoms with van der Waals surface area (Å²) in [6, 6.07) is 3.43. The smallest absolute Gasteiger partial charge is 0.143 e. The van der Waals surface area contributed by atoms with E-state index in [9.17, 15) is 0 Å². The molecule has 0 fully saturated rings. The van der Waals surface area contributed by atoms with Crippen LogP contribution in [0.2, 0.25) is 0 Å². The zero-order valence-electron chi connectivity index (χ0n) is 6.26. The monoisotopic (exact) mass is 147 g/mol. The second-order valence-corrected chi connectivity index (χ2v) is 2.03. The molecule has 0 unspecified atom stereocenters. The molecule has 0 saturated heterocycles. The van der Waals surface area contributed by atoms with E-state index in [4.69, 9.17) is 12.2 Å². The van der Waals surface area contributed by atoms with Gasteiger partial charge in [0.25, 0.3) is 0 Å². The average Bonchev–Trinajstić information content (AvgIpc) is 2.04. The molecule has 1 aromatic heterocycles. The number of hydrogen-bond acceptors (Lipinski definition) is 3. The summed E-state index contributed by atoms with van der Waals surface area (Å²) in [6.45, 7) is 0. The average molecular weight is 147 g/mol. The number of anilines is 2. The van der Waals surface area contributed by atoms with E-state index < -0.39 is 0 Å². The summed E-state index contributed by atoms with van der Waals surface area (Å²) < 4.78 is 0. The molecule has 1 heterocycles. The van der Waals surface area contributed by atoms with Crippen LogP contribution in [0.3, 0.4) is 0 Å². The number of nitrogens with one attached hydrogen (secondary N) is 1. The molecule has 0 radical (unpaired) electrons. The fourth-order valence-corrected chi connectivity index (χ4v) is 0.781. The van der Waals surface area contributed by atoms with Crippen LogP contribution in [0.1, 0.15) is 5.56 Å². The first kappa shape index (κ1) is 7.42. The van der Waals surface area contributed by atoms with Gasteiger partial charge in [-0.25, -0.2) is 4.98 Å². The summed E-state index contributed by atoms with van der Waals surface area (Å²) in [5, 5.41) is 2.85. The number of rotatable bonds is 1. The molecule has 11 heavy (non-hydrogen) atoms. The molecule has 0 aromatic carbocycles. The van der Waals surface area contributed by atoms with Gasteiger partial charge >= 0.3 is 0 Å². The Labute approximate surface area is 65.6 Å². The number of aromatic nitrogens is 1. The number of terminal acetylenes is 1. The lowest BCUT2D eigenvalue weighted by atomic mass is 10.2. The van der Waals surface area contributed by atoms with Gasteiger partial charge in [-0.2, -0.15) is 0 Å². The van der Waals surface area contributed by atoms with Gasteiger partial charge in [-0.15, -0.1) is 6.42 Å². The molecule has 0 amide bonds. The Kier molecular flexibility index (Phi) is 1.98. The van der Waals surface area contributed by atoms with Crippen molar-refractivity contribution >= 4 is 11.6 Å². The molecular weight excluding hydrogens is 138 g/mol. The molecule has 0 aliphatic carbocycles. The first-order chi connectivity index (χ1) is 5.27. The predicted molar refractivity (Wildman–Crippen MR) is 46.1 cm³/mol. The van der Waals surface area contributed by atoms with Crippen molar-refractivity contribution < 1.29 is 0 Å². The van der Waals surface area contributed by atoms with Crippen LogP contribution in [0.25, 0.3) is 0 Å². The third-order valence-corrected chi connectivity index (χ3v) is 1.31. The summed E-state index contributed by atoms with van der Waals surface area (Å²) in [5.41, 5.74) is 6.16. The van der Waals surface area contributed by atoms with Gasteiger partial charge in [-0.1, -0.05) is 5.92 Å². The van der Waals surface area contributed by atoms with Gasteiger partial charge < -0.3 is 11.1 Å². The van der Waals surface area contributed by atoms with Gasteiger partial charge in [0.15, 0.2) is 0 Å². The van der Waals surface area contributed by atoms with Crippen LogP contribution < -0.4 is 11.1 Å². The second kappa shape index (κ2) is 2.93. The zero-order valence-corrected chi connectivity index (χ0v) is 6.26. The lowest BCUT2D eigenvalue weighted by Gasteiger charge is -2.02. The maximum Gasteiger partial charge on any atom is 0.143 e. The van der Waals surface area contributed by atoms with E-state index in [0.29, 0.717) is 11.6 Å². The largest absolute Gasteiger partial charge is 0.384 e. The van der Waals surface area contributed by atoms with Crippen molar-refractivity contribution in [3.8, 4) is 12.3 Å². The lowest BCUT2D eigenvalue weighted by molar-refractivity contribution is 1.28. The highest BCUT2D eigenvalue weighted by Crippen LogP contribution is 2.11. The minimum atomic E-state index is 0.466. The molecule has 56 valence electrons. The lowest BCUT2D eigenvalue weighted by Crippen LogP contribution is -1.98. The molecule has 1 aromatic rings. The van der Waals surface area contributed by atoms with E-state index in [1.807, 2.05) is 0 Å². The van der Waals surface area contributed by atoms with E-state index in [1.165, 1.54) is 0 Å². The summed E-state index contributed by atoms with van der Waals surface area (Å²) in [6.07, 6.45) is 5.21. The normalized spacial score (nSPS) is 8.73. The van der Waals surface area contributed by atoms with Crippen molar-refractivity contribution in [3.63, 3.8) is 0 Å². The Hall–Kier alpha value is -1.69. The first-order valence-corrected chi connectivity index (χ1v) is 3.19. The summed E-state index contributed by atoms with van der Waals surface area (Å²) in [5.74, 6) is 3.61. The summed E-state index contributed by atoms with van der Waals surface area (Å²) in [7, 11) is 1.75. The van der Waals surface area contributed by atoms with Crippen LogP contribution in [-0.2, 0) is 0 Å². The highest BCUT2D eigenvalue weighted by Gasteiger charge is 1.97. The summed E-state index contributed by atoms with van der Waals surface area (Å²) >= 11 is 0. The maximum absolute atomic E-state index is 5.44. The molecule has 3 nitrogen and oxygen atoms in total. The van der Waals surface area contributed by atoms with Gasteiger partial charge in [0, 0.05) is 7.05 Å². The first-order valence-electron chi connectivity index (χ1n) is 3.19. The van der Waals surface area contributed by atoms with Crippen LogP contribution in [-0.4, -0.2) is 12.0 Å². The van der Waals surface area contributed by atoms with Crippen LogP contribution in [0, 0.1) is 12.3 Å². The standard InChI is InChI=1S/C8H9N3/c1-3-6-4-5-7(9)11-8(6)10-2/h1,4-5H,2H3,(H3,9,10,11). The topological polar surface area (TPSA) is 50.9 Å². The highest BCUT2D eigenvalue weighted by atomic mass is 15.0. The number of hydrogen-bond donors (Lipinski definition) is 2. The minimum absolute atomic E-state index is 0.466. The van der Waals surface area contributed by atoms with Crippen LogP contribution >= 0.6 is 0 Å². The van der Waals surface area contributed by atoms with Gasteiger partial charge in [-0.05, 0) is 12.1 Å². The SMILES string of the molecule is C#Cc1ccc(N)nc1NC. The van der Waals surface area contributed by atoms with E-state index in [-0.39, 0.29) is 0 Å². The molecule has 0 atom stereocenters. The van der Waals surface area contributed by atoms with Crippen LogP contribution in [0.15, 0.2) is 12.1 Å². The molecule has 0 saturated carbocycles. The molecule has 3 heteroatoms. The van der Waals surface area contributed by atoms with Gasteiger partial charge in [0.1, 0.15) is 11.6 Å². The van der Waals surface area contributed by atoms with Crippen molar-refractivity contribution in [2.45, 2.75) is 0 Å². The molecule has 1 rings (SSSR count). The molecule has 0 spiro atoms. The Balaban J connectivity index is 3.19. The van der Waals surface area contributed by atoms with Gasteiger partial charge in [-0.3, -0.25) is 0 Å². The number of nitrogens with zero attached hydrogens (tertiary/aromatic N) is 1. The van der Waals surface area contributed by atoms with Crippen LogP contribution in [0.4, 0.5) is 11.6 Å². The van der Waals surface area contributed by atoms with Crippen molar-refractivity contribution in [1.82, 2.24) is 4.98 Å². The van der Waals surface area contributed by atoms with E-state index >= 15 is 0 Å². The van der Waals surface area contributed by atoms with E-state index in [1.54, 1.807) is 19.2 Å². The highest BCUT2D eigenvalue weighted by molar-refractivity contribution is 5.56. The summed E-state index contributed by atoms with van der Waals surface area (Å²) in [4.78, 5) is 3.99. The number of nitrogens with two attached hydrogens (primary N) is 1. The fourth-order valence-electron chi connectivity index (χ4n) is 0.781. The zero-order chi connectivity index (χ0) is 8.27. The van der Waals surface area contributed by atoms with Gasteiger partial charge in [0.2, 0.25) is 0 Å². The minimum Gasteiger partial charge on any atom is -0.384 e. The van der Waals surface area contributed by atoms with E-state index in [0.717, 1.165) is 5.56 Å². The molecular formula is C8H9N3. The Morgan fingerprint density at radius 3 is 2.91 bits per heavy atom. The third-order valence-electron chi connectivity index (χ3n) is 1.31. The Bertz CT molecular complexity index is 299. The Morgan fingerprint density at radius 1 is 1.64 bits per heavy atom. The number of pyridine rings is 1. The van der Waals surface area contributed by atoms with Gasteiger partial charge in [0.05, 0.1) is 5.56 Å². The number of nitrogen functional groups attached to an aromatic ring is 1. The molecule has 0 aliphatic heterocycles. The van der Waals surface area contributed by atoms with Crippen LogP contribution in [0.5, 0.6) is 0 Å².